The molecule has 5 nitrogen and oxygen atoms in total. The number of hydrogen-bond donors (Lipinski definition) is 3. The van der Waals surface area contributed by atoms with Crippen LogP contribution < -0.4 is 16.0 Å². The second kappa shape index (κ2) is 11.8. The molecule has 1 atom stereocenters. The number of amides is 2. The van der Waals surface area contributed by atoms with E-state index in [0.717, 1.165) is 12.1 Å². The lowest BCUT2D eigenvalue weighted by Gasteiger charge is -2.22. The summed E-state index contributed by atoms with van der Waals surface area (Å²) in [6.07, 6.45) is 8.04. The maximum atomic E-state index is 12.5. The van der Waals surface area contributed by atoms with Gasteiger partial charge >= 0.3 is 0 Å². The molecule has 5 heteroatoms. The normalized spacial score (nSPS) is 16.6. The molecular formula is C22H35N3O2. The third-order valence-corrected chi connectivity index (χ3v) is 5.19. The van der Waals surface area contributed by atoms with E-state index < -0.39 is 6.04 Å². The number of benzene rings is 1. The lowest BCUT2D eigenvalue weighted by atomic mass is 10.0. The van der Waals surface area contributed by atoms with Crippen LogP contribution in [-0.2, 0) is 16.0 Å². The Balaban J connectivity index is 1.72. The van der Waals surface area contributed by atoms with Crippen LogP contribution in [0.4, 0.5) is 0 Å². The van der Waals surface area contributed by atoms with Crippen molar-refractivity contribution < 1.29 is 9.59 Å². The van der Waals surface area contributed by atoms with Crippen LogP contribution in [0, 0.1) is 5.92 Å². The zero-order valence-electron chi connectivity index (χ0n) is 16.8. The molecule has 1 aliphatic carbocycles. The maximum absolute atomic E-state index is 12.5. The maximum Gasteiger partial charge on any atom is 0.242 e. The summed E-state index contributed by atoms with van der Waals surface area (Å²) >= 11 is 0. The first-order valence-electron chi connectivity index (χ1n) is 10.4. The van der Waals surface area contributed by atoms with E-state index in [0.29, 0.717) is 19.0 Å². The summed E-state index contributed by atoms with van der Waals surface area (Å²) in [5, 5.41) is 9.42. The topological polar surface area (TPSA) is 70.2 Å². The Kier molecular flexibility index (Phi) is 9.32. The molecular weight excluding hydrogens is 338 g/mol. The van der Waals surface area contributed by atoms with Gasteiger partial charge in [-0.25, -0.2) is 0 Å². The molecule has 27 heavy (non-hydrogen) atoms. The minimum Gasteiger partial charge on any atom is -0.353 e. The summed E-state index contributed by atoms with van der Waals surface area (Å²) < 4.78 is 0. The summed E-state index contributed by atoms with van der Waals surface area (Å²) in [5.74, 6) is -0.180. The number of hydrogen-bond acceptors (Lipinski definition) is 3. The highest BCUT2D eigenvalue weighted by Crippen LogP contribution is 2.16. The standard InChI is InChI=1S/C22H35N3O2/c1-17(2)21(25-20(26)16-18-10-6-5-7-11-18)22(27)24-15-14-23-19-12-8-3-4-9-13-19/h5-7,10-11,17,19,21,23H,3-4,8-9,12-16H2,1-2H3,(H,24,27)(H,25,26). The van der Waals surface area contributed by atoms with Gasteiger partial charge in [-0.15, -0.1) is 0 Å². The van der Waals surface area contributed by atoms with E-state index in [1.54, 1.807) is 0 Å². The Labute approximate surface area is 163 Å². The molecule has 0 radical (unpaired) electrons. The molecule has 1 fully saturated rings. The average molecular weight is 374 g/mol. The van der Waals surface area contributed by atoms with Crippen molar-refractivity contribution in [3.8, 4) is 0 Å². The lowest BCUT2D eigenvalue weighted by molar-refractivity contribution is -0.129. The van der Waals surface area contributed by atoms with Crippen LogP contribution in [-0.4, -0.2) is 37.0 Å². The zero-order chi connectivity index (χ0) is 19.5. The molecule has 1 aliphatic rings. The Morgan fingerprint density at radius 1 is 1.00 bits per heavy atom. The molecule has 1 aromatic carbocycles. The van der Waals surface area contributed by atoms with Crippen LogP contribution >= 0.6 is 0 Å². The predicted molar refractivity (Wildman–Crippen MR) is 109 cm³/mol. The summed E-state index contributed by atoms with van der Waals surface area (Å²) in [5.41, 5.74) is 0.950. The number of rotatable bonds is 9. The third kappa shape index (κ3) is 8.12. The molecule has 1 saturated carbocycles. The minimum absolute atomic E-state index is 0.0412. The van der Waals surface area contributed by atoms with Crippen LogP contribution in [0.1, 0.15) is 57.9 Å². The smallest absolute Gasteiger partial charge is 0.242 e. The van der Waals surface area contributed by atoms with E-state index in [4.69, 9.17) is 0 Å². The van der Waals surface area contributed by atoms with Crippen LogP contribution in [0.3, 0.4) is 0 Å². The van der Waals surface area contributed by atoms with Crippen molar-refractivity contribution in [3.05, 3.63) is 35.9 Å². The van der Waals surface area contributed by atoms with Gasteiger partial charge in [0.1, 0.15) is 6.04 Å². The molecule has 0 bridgehead atoms. The van der Waals surface area contributed by atoms with Crippen molar-refractivity contribution in [1.29, 1.82) is 0 Å². The number of carbonyl (C=O) groups is 2. The lowest BCUT2D eigenvalue weighted by Crippen LogP contribution is -2.51. The van der Waals surface area contributed by atoms with Crippen LogP contribution in [0.5, 0.6) is 0 Å². The van der Waals surface area contributed by atoms with E-state index in [1.165, 1.54) is 38.5 Å². The van der Waals surface area contributed by atoms with Gasteiger partial charge in [0.2, 0.25) is 11.8 Å². The first kappa shape index (κ1) is 21.4. The predicted octanol–water partition coefficient (Wildman–Crippen LogP) is 2.80. The van der Waals surface area contributed by atoms with E-state index in [-0.39, 0.29) is 17.7 Å². The molecule has 2 rings (SSSR count). The van der Waals surface area contributed by atoms with Crippen molar-refractivity contribution in [2.45, 2.75) is 70.9 Å². The van der Waals surface area contributed by atoms with E-state index in [1.807, 2.05) is 44.2 Å². The van der Waals surface area contributed by atoms with E-state index in [9.17, 15) is 9.59 Å². The first-order valence-corrected chi connectivity index (χ1v) is 10.4. The van der Waals surface area contributed by atoms with Gasteiger partial charge in [-0.3, -0.25) is 9.59 Å². The largest absolute Gasteiger partial charge is 0.353 e. The van der Waals surface area contributed by atoms with Gasteiger partial charge in [0, 0.05) is 19.1 Å². The summed E-state index contributed by atoms with van der Waals surface area (Å²) in [7, 11) is 0. The molecule has 1 aromatic rings. The molecule has 2 amide bonds. The molecule has 3 N–H and O–H groups in total. The van der Waals surface area contributed by atoms with Gasteiger partial charge in [-0.2, -0.15) is 0 Å². The Morgan fingerprint density at radius 3 is 2.30 bits per heavy atom. The van der Waals surface area contributed by atoms with Gasteiger partial charge < -0.3 is 16.0 Å². The number of nitrogens with one attached hydrogen (secondary N) is 3. The molecule has 0 spiro atoms. The second-order valence-corrected chi connectivity index (χ2v) is 7.89. The van der Waals surface area contributed by atoms with Gasteiger partial charge in [-0.1, -0.05) is 69.9 Å². The molecule has 0 aliphatic heterocycles. The van der Waals surface area contributed by atoms with Crippen LogP contribution in [0.2, 0.25) is 0 Å². The second-order valence-electron chi connectivity index (χ2n) is 7.89. The summed E-state index contributed by atoms with van der Waals surface area (Å²) in [6.45, 7) is 5.28. The Morgan fingerprint density at radius 2 is 1.67 bits per heavy atom. The third-order valence-electron chi connectivity index (χ3n) is 5.19. The molecule has 0 heterocycles. The fourth-order valence-electron chi connectivity index (χ4n) is 3.60. The van der Waals surface area contributed by atoms with E-state index in [2.05, 4.69) is 16.0 Å². The van der Waals surface area contributed by atoms with Gasteiger partial charge in [0.15, 0.2) is 0 Å². The highest BCUT2D eigenvalue weighted by Gasteiger charge is 2.23. The fourth-order valence-corrected chi connectivity index (χ4v) is 3.60. The van der Waals surface area contributed by atoms with Crippen LogP contribution in [0.25, 0.3) is 0 Å². The van der Waals surface area contributed by atoms with Crippen molar-refractivity contribution in [1.82, 2.24) is 16.0 Å². The Hall–Kier alpha value is -1.88. The molecule has 0 saturated heterocycles. The number of carbonyl (C=O) groups excluding carboxylic acids is 2. The summed E-state index contributed by atoms with van der Waals surface area (Å²) in [6, 6.07) is 9.67. The van der Waals surface area contributed by atoms with Crippen molar-refractivity contribution in [2.24, 2.45) is 5.92 Å². The average Bonchev–Trinajstić information content (AvgIpc) is 2.92. The SMILES string of the molecule is CC(C)C(NC(=O)Cc1ccccc1)C(=O)NCCNC1CCCCCC1. The minimum atomic E-state index is -0.501. The van der Waals surface area contributed by atoms with Gasteiger partial charge in [0.05, 0.1) is 6.42 Å². The fraction of sp³-hybridized carbons (Fsp3) is 0.636. The Bertz CT molecular complexity index is 566. The van der Waals surface area contributed by atoms with Crippen molar-refractivity contribution >= 4 is 11.8 Å². The van der Waals surface area contributed by atoms with E-state index >= 15 is 0 Å². The van der Waals surface area contributed by atoms with Crippen molar-refractivity contribution in [2.75, 3.05) is 13.1 Å². The van der Waals surface area contributed by atoms with Gasteiger partial charge in [-0.05, 0) is 24.3 Å². The molecule has 150 valence electrons. The highest BCUT2D eigenvalue weighted by atomic mass is 16.2. The highest BCUT2D eigenvalue weighted by molar-refractivity contribution is 5.88. The zero-order valence-corrected chi connectivity index (χ0v) is 16.8. The van der Waals surface area contributed by atoms with Crippen LogP contribution in [0.15, 0.2) is 30.3 Å². The first-order chi connectivity index (χ1) is 13.1. The molecule has 1 unspecified atom stereocenters. The molecule has 0 aromatic heterocycles. The quantitative estimate of drug-likeness (QED) is 0.460. The summed E-state index contributed by atoms with van der Waals surface area (Å²) in [4.78, 5) is 24.8. The van der Waals surface area contributed by atoms with Gasteiger partial charge in [0.25, 0.3) is 0 Å². The monoisotopic (exact) mass is 373 g/mol. The van der Waals surface area contributed by atoms with Crippen molar-refractivity contribution in [3.63, 3.8) is 0 Å².